The van der Waals surface area contributed by atoms with Crippen LogP contribution in [0.4, 0.5) is 0 Å². The molecule has 0 fully saturated rings. The van der Waals surface area contributed by atoms with E-state index < -0.39 is 12.1 Å². The highest BCUT2D eigenvalue weighted by molar-refractivity contribution is 8.00. The first-order valence-electron chi connectivity index (χ1n) is 11.1. The molecule has 2 unspecified atom stereocenters. The van der Waals surface area contributed by atoms with Gasteiger partial charge in [-0.1, -0.05) is 76.9 Å². The van der Waals surface area contributed by atoms with Crippen molar-refractivity contribution >= 4 is 23.6 Å². The van der Waals surface area contributed by atoms with Gasteiger partial charge in [-0.05, 0) is 12.8 Å². The van der Waals surface area contributed by atoms with Crippen molar-refractivity contribution in [3.63, 3.8) is 0 Å². The highest BCUT2D eigenvalue weighted by Gasteiger charge is 2.16. The molecule has 0 radical (unpaired) electrons. The number of allylic oxidation sites excluding steroid dienone is 1. The standard InChI is InChI=1S/C22H41NO5S/c1-2-3-4-5-6-7-8-9-10-11-12-13-14-20(19(25)18-24)29-16-15-21(26)23-17-22(27)28/h13-14,19-20,24-25H,2-12,15-18H2,1H3,(H,23,26)(H,27,28)/b14-13-. The van der Waals surface area contributed by atoms with Crippen LogP contribution in [-0.4, -0.2) is 57.5 Å². The zero-order valence-electron chi connectivity index (χ0n) is 18.0. The summed E-state index contributed by atoms with van der Waals surface area (Å²) in [5.74, 6) is -0.948. The lowest BCUT2D eigenvalue weighted by atomic mass is 10.1. The largest absolute Gasteiger partial charge is 0.480 e. The minimum Gasteiger partial charge on any atom is -0.480 e. The smallest absolute Gasteiger partial charge is 0.322 e. The number of rotatable bonds is 20. The number of hydrogen-bond donors (Lipinski definition) is 4. The van der Waals surface area contributed by atoms with Crippen LogP contribution in [0, 0.1) is 0 Å². The monoisotopic (exact) mass is 431 g/mol. The maximum Gasteiger partial charge on any atom is 0.322 e. The minimum atomic E-state index is -1.07. The van der Waals surface area contributed by atoms with Gasteiger partial charge >= 0.3 is 5.97 Å². The number of carboxylic acid groups (broad SMARTS) is 1. The predicted octanol–water partition coefficient (Wildman–Crippen LogP) is 3.90. The Bertz CT molecular complexity index is 445. The van der Waals surface area contributed by atoms with E-state index in [-0.39, 0.29) is 30.7 Å². The number of aliphatic hydroxyl groups excluding tert-OH is 2. The highest BCUT2D eigenvalue weighted by atomic mass is 32.2. The van der Waals surface area contributed by atoms with Crippen LogP contribution in [0.25, 0.3) is 0 Å². The average Bonchev–Trinajstić information content (AvgIpc) is 2.71. The number of unbranched alkanes of at least 4 members (excludes halogenated alkanes) is 10. The first-order valence-corrected chi connectivity index (χ1v) is 12.1. The zero-order chi connectivity index (χ0) is 21.7. The molecule has 0 rings (SSSR count). The summed E-state index contributed by atoms with van der Waals surface area (Å²) in [7, 11) is 0. The van der Waals surface area contributed by atoms with E-state index in [2.05, 4.69) is 12.2 Å². The van der Waals surface area contributed by atoms with Gasteiger partial charge in [-0.15, -0.1) is 0 Å². The summed E-state index contributed by atoms with van der Waals surface area (Å²) in [6, 6.07) is 0. The number of thioether (sulfide) groups is 1. The SMILES string of the molecule is CCCCCCCCCCCC/C=C\C(SCCC(=O)NCC(=O)O)C(O)CO. The summed E-state index contributed by atoms with van der Waals surface area (Å²) >= 11 is 1.39. The fourth-order valence-corrected chi connectivity index (χ4v) is 4.03. The van der Waals surface area contributed by atoms with E-state index in [1.54, 1.807) is 0 Å². The van der Waals surface area contributed by atoms with E-state index in [1.807, 2.05) is 12.2 Å². The summed E-state index contributed by atoms with van der Waals surface area (Å²) in [4.78, 5) is 21.9. The molecule has 0 aliphatic carbocycles. The van der Waals surface area contributed by atoms with Gasteiger partial charge in [0.1, 0.15) is 6.54 Å². The van der Waals surface area contributed by atoms with Crippen LogP contribution in [0.1, 0.15) is 84.0 Å². The third kappa shape index (κ3) is 18.7. The Kier molecular flexibility index (Phi) is 19.5. The van der Waals surface area contributed by atoms with Gasteiger partial charge in [-0.3, -0.25) is 9.59 Å². The van der Waals surface area contributed by atoms with Gasteiger partial charge in [-0.2, -0.15) is 11.8 Å². The normalized spacial score (nSPS) is 13.5. The number of carbonyl (C=O) groups is 2. The molecule has 0 spiro atoms. The topological polar surface area (TPSA) is 107 Å². The first kappa shape index (κ1) is 27.9. The van der Waals surface area contributed by atoms with Crippen LogP contribution in [0.3, 0.4) is 0 Å². The fourth-order valence-electron chi connectivity index (χ4n) is 2.93. The molecular weight excluding hydrogens is 390 g/mol. The molecule has 0 aliphatic heterocycles. The van der Waals surface area contributed by atoms with Crippen LogP contribution < -0.4 is 5.32 Å². The number of hydrogen-bond acceptors (Lipinski definition) is 5. The summed E-state index contributed by atoms with van der Waals surface area (Å²) in [5.41, 5.74) is 0. The lowest BCUT2D eigenvalue weighted by molar-refractivity contribution is -0.137. The summed E-state index contributed by atoms with van der Waals surface area (Å²) in [5, 5.41) is 29.7. The molecule has 0 saturated carbocycles. The van der Waals surface area contributed by atoms with Gasteiger partial charge < -0.3 is 20.6 Å². The van der Waals surface area contributed by atoms with Gasteiger partial charge in [0.25, 0.3) is 0 Å². The van der Waals surface area contributed by atoms with Crippen molar-refractivity contribution in [3.8, 4) is 0 Å². The molecule has 170 valence electrons. The van der Waals surface area contributed by atoms with Gasteiger partial charge in [0.05, 0.1) is 18.0 Å². The maximum absolute atomic E-state index is 11.5. The van der Waals surface area contributed by atoms with Gasteiger partial charge in [0.2, 0.25) is 5.91 Å². The molecule has 0 aromatic carbocycles. The Morgan fingerprint density at radius 2 is 1.59 bits per heavy atom. The summed E-state index contributed by atoms with van der Waals surface area (Å²) in [6.07, 6.45) is 17.2. The summed E-state index contributed by atoms with van der Waals surface area (Å²) < 4.78 is 0. The Hall–Kier alpha value is -1.05. The van der Waals surface area contributed by atoms with E-state index >= 15 is 0 Å². The second-order valence-electron chi connectivity index (χ2n) is 7.40. The van der Waals surface area contributed by atoms with Gasteiger partial charge in [0, 0.05) is 12.2 Å². The molecule has 7 heteroatoms. The van der Waals surface area contributed by atoms with Crippen molar-refractivity contribution in [1.29, 1.82) is 0 Å². The van der Waals surface area contributed by atoms with Crippen molar-refractivity contribution in [2.24, 2.45) is 0 Å². The minimum absolute atomic E-state index is 0.179. The Labute approximate surface area is 180 Å². The Morgan fingerprint density at radius 3 is 2.14 bits per heavy atom. The van der Waals surface area contributed by atoms with Crippen LogP contribution >= 0.6 is 11.8 Å². The predicted molar refractivity (Wildman–Crippen MR) is 120 cm³/mol. The number of carbonyl (C=O) groups excluding carboxylic acids is 1. The molecule has 4 N–H and O–H groups in total. The van der Waals surface area contributed by atoms with E-state index in [0.29, 0.717) is 5.75 Å². The number of aliphatic hydroxyl groups is 2. The number of carboxylic acids is 1. The highest BCUT2D eigenvalue weighted by Crippen LogP contribution is 2.18. The third-order valence-electron chi connectivity index (χ3n) is 4.69. The molecule has 6 nitrogen and oxygen atoms in total. The van der Waals surface area contributed by atoms with E-state index in [1.165, 1.54) is 69.5 Å². The van der Waals surface area contributed by atoms with Crippen LogP contribution in [0.5, 0.6) is 0 Å². The maximum atomic E-state index is 11.5. The molecule has 0 saturated heterocycles. The molecule has 1 amide bonds. The van der Waals surface area contributed by atoms with Crippen LogP contribution in [-0.2, 0) is 9.59 Å². The van der Waals surface area contributed by atoms with Gasteiger partial charge in [-0.25, -0.2) is 0 Å². The average molecular weight is 432 g/mol. The number of nitrogens with one attached hydrogen (secondary N) is 1. The second kappa shape index (κ2) is 20.2. The molecule has 0 heterocycles. The molecule has 0 aromatic heterocycles. The van der Waals surface area contributed by atoms with Gasteiger partial charge in [0.15, 0.2) is 0 Å². The van der Waals surface area contributed by atoms with Crippen molar-refractivity contribution in [1.82, 2.24) is 5.32 Å². The second-order valence-corrected chi connectivity index (χ2v) is 8.69. The van der Waals surface area contributed by atoms with Crippen molar-refractivity contribution in [3.05, 3.63) is 12.2 Å². The van der Waals surface area contributed by atoms with E-state index in [9.17, 15) is 19.8 Å². The lowest BCUT2D eigenvalue weighted by Crippen LogP contribution is -2.30. The number of amides is 1. The lowest BCUT2D eigenvalue weighted by Gasteiger charge is -2.17. The van der Waals surface area contributed by atoms with Crippen molar-refractivity contribution < 1.29 is 24.9 Å². The number of aliphatic carboxylic acids is 1. The molecule has 29 heavy (non-hydrogen) atoms. The zero-order valence-corrected chi connectivity index (χ0v) is 18.8. The molecule has 0 aromatic rings. The van der Waals surface area contributed by atoms with E-state index in [0.717, 1.165) is 12.8 Å². The molecule has 0 aliphatic rings. The van der Waals surface area contributed by atoms with Crippen LogP contribution in [0.15, 0.2) is 12.2 Å². The fraction of sp³-hybridized carbons (Fsp3) is 0.818. The van der Waals surface area contributed by atoms with Crippen molar-refractivity contribution in [2.75, 3.05) is 18.9 Å². The quantitative estimate of drug-likeness (QED) is 0.172. The third-order valence-corrected chi connectivity index (χ3v) is 5.99. The van der Waals surface area contributed by atoms with Crippen LogP contribution in [0.2, 0.25) is 0 Å². The van der Waals surface area contributed by atoms with E-state index in [4.69, 9.17) is 5.11 Å². The van der Waals surface area contributed by atoms with Crippen molar-refractivity contribution in [2.45, 2.75) is 95.3 Å². The molecule has 0 bridgehead atoms. The molecular formula is C22H41NO5S. The Balaban J connectivity index is 3.85. The summed E-state index contributed by atoms with van der Waals surface area (Å²) in [6.45, 7) is 1.53. The first-order chi connectivity index (χ1) is 14.0. The molecule has 2 atom stereocenters. The Morgan fingerprint density at radius 1 is 1.00 bits per heavy atom.